The highest BCUT2D eigenvalue weighted by atomic mass is 16.4. The minimum Gasteiger partial charge on any atom is -0.481 e. The monoisotopic (exact) mass is 287 g/mol. The van der Waals surface area contributed by atoms with Crippen molar-refractivity contribution in [2.45, 2.75) is 33.4 Å². The summed E-state index contributed by atoms with van der Waals surface area (Å²) in [6, 6.07) is 8.02. The number of carboxylic acid groups (broad SMARTS) is 1. The molecule has 1 heterocycles. The molecule has 5 heteroatoms. The number of carboxylic acids is 1. The van der Waals surface area contributed by atoms with Crippen LogP contribution in [-0.2, 0) is 17.9 Å². The third-order valence-corrected chi connectivity index (χ3v) is 3.53. The predicted octanol–water partition coefficient (Wildman–Crippen LogP) is 2.69. The molecule has 112 valence electrons. The van der Waals surface area contributed by atoms with Crippen LogP contribution in [0.15, 0.2) is 36.7 Å². The van der Waals surface area contributed by atoms with Gasteiger partial charge in [0.05, 0.1) is 13.0 Å². The number of hydrogen-bond acceptors (Lipinski definition) is 3. The summed E-state index contributed by atoms with van der Waals surface area (Å²) in [6.45, 7) is 6.04. The highest BCUT2D eigenvalue weighted by Gasteiger charge is 2.14. The summed E-state index contributed by atoms with van der Waals surface area (Å²) >= 11 is 0. The molecule has 21 heavy (non-hydrogen) atoms. The molecule has 0 aliphatic heterocycles. The third kappa shape index (κ3) is 3.84. The molecule has 0 aliphatic rings. The second kappa shape index (κ2) is 6.92. The van der Waals surface area contributed by atoms with E-state index in [9.17, 15) is 4.79 Å². The zero-order chi connectivity index (χ0) is 15.2. The molecule has 0 saturated heterocycles. The summed E-state index contributed by atoms with van der Waals surface area (Å²) in [4.78, 5) is 17.4. The summed E-state index contributed by atoms with van der Waals surface area (Å²) in [5.74, 6) is 0.165. The lowest BCUT2D eigenvalue weighted by atomic mass is 10.1. The number of aliphatic carboxylic acids is 1. The van der Waals surface area contributed by atoms with Gasteiger partial charge < -0.3 is 14.6 Å². The number of anilines is 1. The van der Waals surface area contributed by atoms with Crippen LogP contribution in [0.3, 0.4) is 0 Å². The van der Waals surface area contributed by atoms with Gasteiger partial charge in [0.15, 0.2) is 0 Å². The summed E-state index contributed by atoms with van der Waals surface area (Å²) in [5.41, 5.74) is 2.20. The van der Waals surface area contributed by atoms with Gasteiger partial charge in [0.25, 0.3) is 0 Å². The van der Waals surface area contributed by atoms with E-state index >= 15 is 0 Å². The molecule has 0 saturated carbocycles. The maximum Gasteiger partial charge on any atom is 0.305 e. The molecule has 0 atom stereocenters. The fraction of sp³-hybridized carbons (Fsp3) is 0.375. The van der Waals surface area contributed by atoms with Crippen molar-refractivity contribution >= 4 is 11.7 Å². The fourth-order valence-electron chi connectivity index (χ4n) is 2.38. The van der Waals surface area contributed by atoms with Gasteiger partial charge in [-0.25, -0.2) is 4.98 Å². The van der Waals surface area contributed by atoms with E-state index in [0.29, 0.717) is 13.1 Å². The van der Waals surface area contributed by atoms with E-state index in [2.05, 4.69) is 21.4 Å². The van der Waals surface area contributed by atoms with Crippen LogP contribution in [-0.4, -0.2) is 27.2 Å². The van der Waals surface area contributed by atoms with E-state index in [4.69, 9.17) is 5.11 Å². The van der Waals surface area contributed by atoms with Gasteiger partial charge >= 0.3 is 5.97 Å². The standard InChI is InChI=1S/C16H21N3O2/c1-3-18-11-9-17-15(18)12-19(10-8-16(20)21)14-7-5-4-6-13(14)2/h4-7,9,11H,3,8,10,12H2,1-2H3,(H,20,21). The van der Waals surface area contributed by atoms with Crippen LogP contribution in [0.2, 0.25) is 0 Å². The Morgan fingerprint density at radius 2 is 2.14 bits per heavy atom. The lowest BCUT2D eigenvalue weighted by molar-refractivity contribution is -0.136. The number of benzene rings is 1. The lowest BCUT2D eigenvalue weighted by Gasteiger charge is -2.25. The third-order valence-electron chi connectivity index (χ3n) is 3.53. The minimum absolute atomic E-state index is 0.112. The number of aromatic nitrogens is 2. The zero-order valence-electron chi connectivity index (χ0n) is 12.5. The molecule has 1 aromatic heterocycles. The van der Waals surface area contributed by atoms with Gasteiger partial charge in [0.2, 0.25) is 0 Å². The van der Waals surface area contributed by atoms with Crippen LogP contribution in [0.4, 0.5) is 5.69 Å². The molecule has 2 rings (SSSR count). The molecule has 1 N–H and O–H groups in total. The largest absolute Gasteiger partial charge is 0.481 e. The van der Waals surface area contributed by atoms with E-state index in [1.165, 1.54) is 0 Å². The number of rotatable bonds is 7. The molecule has 0 aliphatic carbocycles. The van der Waals surface area contributed by atoms with Crippen LogP contribution < -0.4 is 4.90 Å². The number of aryl methyl sites for hydroxylation is 2. The smallest absolute Gasteiger partial charge is 0.305 e. The fourth-order valence-corrected chi connectivity index (χ4v) is 2.38. The molecule has 0 amide bonds. The van der Waals surface area contributed by atoms with Crippen LogP contribution >= 0.6 is 0 Å². The van der Waals surface area contributed by atoms with E-state index in [1.807, 2.05) is 37.4 Å². The van der Waals surface area contributed by atoms with Gasteiger partial charge in [-0.1, -0.05) is 18.2 Å². The molecule has 0 radical (unpaired) electrons. The van der Waals surface area contributed by atoms with Crippen molar-refractivity contribution in [2.24, 2.45) is 0 Å². The number of para-hydroxylation sites is 1. The first kappa shape index (κ1) is 15.1. The summed E-state index contributed by atoms with van der Waals surface area (Å²) in [7, 11) is 0. The average molecular weight is 287 g/mol. The zero-order valence-corrected chi connectivity index (χ0v) is 12.5. The molecule has 0 unspecified atom stereocenters. The summed E-state index contributed by atoms with van der Waals surface area (Å²) in [5, 5.41) is 8.96. The van der Waals surface area contributed by atoms with E-state index < -0.39 is 5.97 Å². The molecular weight excluding hydrogens is 266 g/mol. The highest BCUT2D eigenvalue weighted by Crippen LogP contribution is 2.21. The molecule has 1 aromatic carbocycles. The van der Waals surface area contributed by atoms with Crippen molar-refractivity contribution in [3.8, 4) is 0 Å². The van der Waals surface area contributed by atoms with E-state index in [1.54, 1.807) is 6.20 Å². The maximum absolute atomic E-state index is 10.9. The van der Waals surface area contributed by atoms with Crippen molar-refractivity contribution in [1.82, 2.24) is 9.55 Å². The van der Waals surface area contributed by atoms with Crippen LogP contribution in [0, 0.1) is 6.92 Å². The average Bonchev–Trinajstić information content (AvgIpc) is 2.91. The van der Waals surface area contributed by atoms with Crippen molar-refractivity contribution in [2.75, 3.05) is 11.4 Å². The van der Waals surface area contributed by atoms with Gasteiger partial charge in [-0.2, -0.15) is 0 Å². The normalized spacial score (nSPS) is 10.6. The Kier molecular flexibility index (Phi) is 4.98. The van der Waals surface area contributed by atoms with Gasteiger partial charge in [-0.05, 0) is 25.5 Å². The van der Waals surface area contributed by atoms with Gasteiger partial charge in [0, 0.05) is 31.2 Å². The second-order valence-electron chi connectivity index (χ2n) is 4.98. The molecule has 0 spiro atoms. The van der Waals surface area contributed by atoms with Crippen LogP contribution in [0.25, 0.3) is 0 Å². The maximum atomic E-state index is 10.9. The number of imidazole rings is 1. The SMILES string of the molecule is CCn1ccnc1CN(CCC(=O)O)c1ccccc1C. The first-order chi connectivity index (χ1) is 10.1. The number of hydrogen-bond donors (Lipinski definition) is 1. The van der Waals surface area contributed by atoms with Gasteiger partial charge in [-0.3, -0.25) is 4.79 Å². The molecule has 2 aromatic rings. The Morgan fingerprint density at radius 3 is 2.81 bits per heavy atom. The molecule has 0 bridgehead atoms. The first-order valence-corrected chi connectivity index (χ1v) is 7.14. The number of carbonyl (C=O) groups is 1. The van der Waals surface area contributed by atoms with E-state index in [0.717, 1.165) is 23.6 Å². The van der Waals surface area contributed by atoms with E-state index in [-0.39, 0.29) is 6.42 Å². The van der Waals surface area contributed by atoms with Gasteiger partial charge in [0.1, 0.15) is 5.82 Å². The van der Waals surface area contributed by atoms with Gasteiger partial charge in [-0.15, -0.1) is 0 Å². The lowest BCUT2D eigenvalue weighted by Crippen LogP contribution is -2.28. The van der Waals surface area contributed by atoms with Crippen molar-refractivity contribution in [3.05, 3.63) is 48.0 Å². The highest BCUT2D eigenvalue weighted by molar-refractivity contribution is 5.68. The predicted molar refractivity (Wildman–Crippen MR) is 82.4 cm³/mol. The summed E-state index contributed by atoms with van der Waals surface area (Å²) in [6.07, 6.45) is 3.84. The molecule has 0 fully saturated rings. The Labute approximate surface area is 124 Å². The quantitative estimate of drug-likeness (QED) is 0.850. The second-order valence-corrected chi connectivity index (χ2v) is 4.98. The summed E-state index contributed by atoms with van der Waals surface area (Å²) < 4.78 is 2.08. The van der Waals surface area contributed by atoms with Crippen molar-refractivity contribution < 1.29 is 9.90 Å². The minimum atomic E-state index is -0.785. The Balaban J connectivity index is 2.24. The molecule has 5 nitrogen and oxygen atoms in total. The van der Waals surface area contributed by atoms with Crippen molar-refractivity contribution in [1.29, 1.82) is 0 Å². The first-order valence-electron chi connectivity index (χ1n) is 7.14. The van der Waals surface area contributed by atoms with Crippen molar-refractivity contribution in [3.63, 3.8) is 0 Å². The Morgan fingerprint density at radius 1 is 1.38 bits per heavy atom. The topological polar surface area (TPSA) is 58.4 Å². The molecular formula is C16H21N3O2. The Bertz CT molecular complexity index is 607. The Hall–Kier alpha value is -2.30. The number of nitrogens with zero attached hydrogens (tertiary/aromatic N) is 3. The van der Waals surface area contributed by atoms with Crippen LogP contribution in [0.1, 0.15) is 24.7 Å². The van der Waals surface area contributed by atoms with Crippen LogP contribution in [0.5, 0.6) is 0 Å².